The van der Waals surface area contributed by atoms with Crippen LogP contribution >= 0.6 is 0 Å². The Morgan fingerprint density at radius 3 is 2.50 bits per heavy atom. The minimum absolute atomic E-state index is 0.373. The molecule has 1 aliphatic rings. The van der Waals surface area contributed by atoms with Gasteiger partial charge >= 0.3 is 0 Å². The third-order valence-corrected chi connectivity index (χ3v) is 2.95. The summed E-state index contributed by atoms with van der Waals surface area (Å²) in [5.41, 5.74) is 0. The fraction of sp³-hybridized carbons (Fsp3) is 1.00. The van der Waals surface area contributed by atoms with E-state index in [0.717, 1.165) is 39.0 Å². The Morgan fingerprint density at radius 2 is 2.00 bits per heavy atom. The Labute approximate surface area is 87.5 Å². The molecule has 3 nitrogen and oxygen atoms in total. The number of hydrogen-bond donors (Lipinski definition) is 2. The highest BCUT2D eigenvalue weighted by Crippen LogP contribution is 2.15. The quantitative estimate of drug-likeness (QED) is 0.685. The number of nitrogens with zero attached hydrogens (tertiary/aromatic N) is 1. The first-order valence-electron chi connectivity index (χ1n) is 5.79. The molecule has 84 valence electrons. The molecule has 0 aromatic heterocycles. The molecule has 0 atom stereocenters. The highest BCUT2D eigenvalue weighted by molar-refractivity contribution is 4.72. The van der Waals surface area contributed by atoms with Crippen molar-refractivity contribution in [2.24, 2.45) is 5.92 Å². The van der Waals surface area contributed by atoms with E-state index < -0.39 is 0 Å². The van der Waals surface area contributed by atoms with Gasteiger partial charge in [-0.3, -0.25) is 0 Å². The van der Waals surface area contributed by atoms with Gasteiger partial charge in [0.25, 0.3) is 0 Å². The molecule has 0 spiro atoms. The van der Waals surface area contributed by atoms with Crippen molar-refractivity contribution in [3.63, 3.8) is 0 Å². The molecule has 0 bridgehead atoms. The summed E-state index contributed by atoms with van der Waals surface area (Å²) >= 11 is 0. The van der Waals surface area contributed by atoms with Gasteiger partial charge in [0, 0.05) is 25.7 Å². The van der Waals surface area contributed by atoms with E-state index >= 15 is 0 Å². The van der Waals surface area contributed by atoms with Crippen molar-refractivity contribution in [2.45, 2.75) is 32.7 Å². The summed E-state index contributed by atoms with van der Waals surface area (Å²) in [6, 6.07) is 0.588. The lowest BCUT2D eigenvalue weighted by Gasteiger charge is -2.31. The van der Waals surface area contributed by atoms with Gasteiger partial charge in [0.2, 0.25) is 0 Å². The second kappa shape index (κ2) is 6.38. The van der Waals surface area contributed by atoms with Gasteiger partial charge < -0.3 is 15.3 Å². The number of hydrogen-bond acceptors (Lipinski definition) is 3. The van der Waals surface area contributed by atoms with Crippen molar-refractivity contribution in [1.82, 2.24) is 10.2 Å². The SMILES string of the molecule is CC(C)NCCN1CCC(CO)CC1. The molecule has 1 heterocycles. The van der Waals surface area contributed by atoms with E-state index in [0.29, 0.717) is 18.6 Å². The van der Waals surface area contributed by atoms with Crippen molar-refractivity contribution in [1.29, 1.82) is 0 Å². The van der Waals surface area contributed by atoms with E-state index in [1.807, 2.05) is 0 Å². The molecule has 0 unspecified atom stereocenters. The van der Waals surface area contributed by atoms with E-state index in [1.54, 1.807) is 0 Å². The third-order valence-electron chi connectivity index (χ3n) is 2.95. The van der Waals surface area contributed by atoms with Gasteiger partial charge in [0.05, 0.1) is 0 Å². The summed E-state index contributed by atoms with van der Waals surface area (Å²) in [6.07, 6.45) is 2.33. The summed E-state index contributed by atoms with van der Waals surface area (Å²) in [5, 5.41) is 12.4. The first kappa shape index (κ1) is 12.0. The maximum absolute atomic E-state index is 9.00. The smallest absolute Gasteiger partial charge is 0.0460 e. The maximum Gasteiger partial charge on any atom is 0.0460 e. The zero-order valence-electron chi connectivity index (χ0n) is 9.50. The predicted octanol–water partition coefficient (Wildman–Crippen LogP) is 0.689. The van der Waals surface area contributed by atoms with Gasteiger partial charge in [0.15, 0.2) is 0 Å². The molecule has 1 fully saturated rings. The van der Waals surface area contributed by atoms with Crippen molar-refractivity contribution in [3.05, 3.63) is 0 Å². The lowest BCUT2D eigenvalue weighted by Crippen LogP contribution is -2.40. The molecule has 0 aliphatic carbocycles. The average Bonchev–Trinajstić information content (AvgIpc) is 2.18. The number of nitrogens with one attached hydrogen (secondary N) is 1. The van der Waals surface area contributed by atoms with Crippen LogP contribution in [0.2, 0.25) is 0 Å². The van der Waals surface area contributed by atoms with Crippen LogP contribution in [0.5, 0.6) is 0 Å². The number of likely N-dealkylation sites (tertiary alicyclic amines) is 1. The molecule has 1 rings (SSSR count). The van der Waals surface area contributed by atoms with Crippen LogP contribution in [0.4, 0.5) is 0 Å². The molecule has 2 N–H and O–H groups in total. The van der Waals surface area contributed by atoms with Crippen LogP contribution in [-0.4, -0.2) is 48.8 Å². The number of aliphatic hydroxyl groups is 1. The van der Waals surface area contributed by atoms with Crippen molar-refractivity contribution in [3.8, 4) is 0 Å². The predicted molar refractivity (Wildman–Crippen MR) is 59.4 cm³/mol. The second-order valence-electron chi connectivity index (χ2n) is 4.58. The van der Waals surface area contributed by atoms with Crippen LogP contribution in [-0.2, 0) is 0 Å². The Kier molecular flexibility index (Phi) is 5.45. The normalized spacial score (nSPS) is 20.6. The highest BCUT2D eigenvalue weighted by atomic mass is 16.3. The second-order valence-corrected chi connectivity index (χ2v) is 4.58. The molecule has 0 amide bonds. The fourth-order valence-corrected chi connectivity index (χ4v) is 1.90. The van der Waals surface area contributed by atoms with Crippen LogP contribution < -0.4 is 5.32 Å². The molecule has 1 aliphatic heterocycles. The summed E-state index contributed by atoms with van der Waals surface area (Å²) in [5.74, 6) is 0.560. The average molecular weight is 200 g/mol. The molecule has 0 aromatic carbocycles. The molecule has 0 saturated carbocycles. The molecule has 3 heteroatoms. The van der Waals surface area contributed by atoms with E-state index in [2.05, 4.69) is 24.1 Å². The fourth-order valence-electron chi connectivity index (χ4n) is 1.90. The van der Waals surface area contributed by atoms with Gasteiger partial charge in [-0.1, -0.05) is 13.8 Å². The van der Waals surface area contributed by atoms with Gasteiger partial charge in [-0.05, 0) is 31.8 Å². The van der Waals surface area contributed by atoms with Gasteiger partial charge in [-0.2, -0.15) is 0 Å². The summed E-state index contributed by atoms with van der Waals surface area (Å²) in [6.45, 7) is 9.28. The largest absolute Gasteiger partial charge is 0.396 e. The van der Waals surface area contributed by atoms with Crippen LogP contribution in [0.1, 0.15) is 26.7 Å². The monoisotopic (exact) mass is 200 g/mol. The summed E-state index contributed by atoms with van der Waals surface area (Å²) in [4.78, 5) is 2.49. The lowest BCUT2D eigenvalue weighted by molar-refractivity contribution is 0.132. The molecule has 0 radical (unpaired) electrons. The molecular weight excluding hydrogens is 176 g/mol. The van der Waals surface area contributed by atoms with Crippen molar-refractivity contribution < 1.29 is 5.11 Å². The molecular formula is C11H24N2O. The minimum atomic E-state index is 0.373. The molecule has 0 aromatic rings. The van der Waals surface area contributed by atoms with Crippen molar-refractivity contribution in [2.75, 3.05) is 32.8 Å². The number of rotatable bonds is 5. The van der Waals surface area contributed by atoms with Gasteiger partial charge in [-0.15, -0.1) is 0 Å². The first-order valence-corrected chi connectivity index (χ1v) is 5.79. The Balaban J connectivity index is 2.04. The molecule has 1 saturated heterocycles. The minimum Gasteiger partial charge on any atom is -0.396 e. The number of aliphatic hydroxyl groups excluding tert-OH is 1. The Hall–Kier alpha value is -0.120. The third kappa shape index (κ3) is 4.40. The van der Waals surface area contributed by atoms with E-state index in [4.69, 9.17) is 5.11 Å². The Morgan fingerprint density at radius 1 is 1.36 bits per heavy atom. The van der Waals surface area contributed by atoms with Crippen LogP contribution in [0, 0.1) is 5.92 Å². The topological polar surface area (TPSA) is 35.5 Å². The first-order chi connectivity index (χ1) is 6.72. The van der Waals surface area contributed by atoms with Crippen LogP contribution in [0.25, 0.3) is 0 Å². The zero-order chi connectivity index (χ0) is 10.4. The van der Waals surface area contributed by atoms with Crippen molar-refractivity contribution >= 4 is 0 Å². The highest BCUT2D eigenvalue weighted by Gasteiger charge is 2.17. The van der Waals surface area contributed by atoms with Crippen LogP contribution in [0.3, 0.4) is 0 Å². The Bertz CT molecular complexity index is 142. The zero-order valence-corrected chi connectivity index (χ0v) is 9.50. The standard InChI is InChI=1S/C11H24N2O/c1-10(2)12-5-8-13-6-3-11(9-14)4-7-13/h10-12,14H,3-9H2,1-2H3. The van der Waals surface area contributed by atoms with E-state index in [1.165, 1.54) is 0 Å². The van der Waals surface area contributed by atoms with Gasteiger partial charge in [-0.25, -0.2) is 0 Å². The van der Waals surface area contributed by atoms with E-state index in [9.17, 15) is 0 Å². The molecule has 14 heavy (non-hydrogen) atoms. The maximum atomic E-state index is 9.00. The summed E-state index contributed by atoms with van der Waals surface area (Å²) in [7, 11) is 0. The van der Waals surface area contributed by atoms with Crippen LogP contribution in [0.15, 0.2) is 0 Å². The summed E-state index contributed by atoms with van der Waals surface area (Å²) < 4.78 is 0. The number of piperidine rings is 1. The van der Waals surface area contributed by atoms with E-state index in [-0.39, 0.29) is 0 Å². The lowest BCUT2D eigenvalue weighted by atomic mass is 9.98. The van der Waals surface area contributed by atoms with Gasteiger partial charge in [0.1, 0.15) is 0 Å².